The summed E-state index contributed by atoms with van der Waals surface area (Å²) in [6.07, 6.45) is 0.867. The van der Waals surface area contributed by atoms with Crippen LogP contribution in [0.3, 0.4) is 0 Å². The predicted octanol–water partition coefficient (Wildman–Crippen LogP) is 4.63. The zero-order valence-electron chi connectivity index (χ0n) is 16.4. The van der Waals surface area contributed by atoms with Crippen molar-refractivity contribution < 1.29 is 9.59 Å². The van der Waals surface area contributed by atoms with Crippen LogP contribution in [-0.4, -0.2) is 35.1 Å². The van der Waals surface area contributed by atoms with Gasteiger partial charge in [0.25, 0.3) is 0 Å². The van der Waals surface area contributed by atoms with E-state index < -0.39 is 6.04 Å². The second kappa shape index (κ2) is 11.9. The van der Waals surface area contributed by atoms with Crippen molar-refractivity contribution in [3.8, 4) is 0 Å². The molecule has 150 valence electrons. The lowest BCUT2D eigenvalue weighted by Crippen LogP contribution is -2.48. The van der Waals surface area contributed by atoms with Crippen molar-refractivity contribution in [3.05, 3.63) is 70.2 Å². The van der Waals surface area contributed by atoms with E-state index in [1.807, 2.05) is 49.4 Å². The zero-order valence-corrected chi connectivity index (χ0v) is 18.8. The molecule has 0 heterocycles. The first-order valence-corrected chi connectivity index (χ1v) is 11.4. The molecule has 2 amide bonds. The van der Waals surface area contributed by atoms with E-state index in [0.717, 1.165) is 22.2 Å². The van der Waals surface area contributed by atoms with Gasteiger partial charge < -0.3 is 10.2 Å². The summed E-state index contributed by atoms with van der Waals surface area (Å²) in [7, 11) is 0. The number of benzene rings is 2. The largest absolute Gasteiger partial charge is 0.354 e. The summed E-state index contributed by atoms with van der Waals surface area (Å²) < 4.78 is 0.987. The topological polar surface area (TPSA) is 49.4 Å². The van der Waals surface area contributed by atoms with Crippen LogP contribution in [0.25, 0.3) is 0 Å². The molecule has 1 N–H and O–H groups in total. The number of nitrogens with one attached hydrogen (secondary N) is 1. The summed E-state index contributed by atoms with van der Waals surface area (Å²) in [4.78, 5) is 27.1. The Morgan fingerprint density at radius 2 is 1.75 bits per heavy atom. The van der Waals surface area contributed by atoms with E-state index in [0.29, 0.717) is 18.8 Å². The average molecular weight is 463 g/mol. The second-order valence-electron chi connectivity index (χ2n) is 6.59. The minimum absolute atomic E-state index is 0.0250. The molecule has 0 aromatic heterocycles. The average Bonchev–Trinajstić information content (AvgIpc) is 2.71. The molecule has 0 fully saturated rings. The molecule has 0 aliphatic heterocycles. The zero-order chi connectivity index (χ0) is 20.4. The van der Waals surface area contributed by atoms with Gasteiger partial charge in [-0.2, -0.15) is 0 Å². The van der Waals surface area contributed by atoms with Crippen molar-refractivity contribution in [2.24, 2.45) is 0 Å². The van der Waals surface area contributed by atoms with Gasteiger partial charge in [-0.25, -0.2) is 0 Å². The van der Waals surface area contributed by atoms with E-state index in [2.05, 4.69) is 33.4 Å². The molecule has 2 rings (SSSR count). The number of nitrogens with zero attached hydrogens (tertiary/aromatic N) is 1. The van der Waals surface area contributed by atoms with Crippen LogP contribution in [0.15, 0.2) is 59.1 Å². The van der Waals surface area contributed by atoms with Crippen LogP contribution in [0.5, 0.6) is 0 Å². The number of amides is 2. The molecule has 2 aromatic carbocycles. The first-order valence-electron chi connectivity index (χ1n) is 9.44. The molecule has 0 aliphatic carbocycles. The fourth-order valence-corrected chi connectivity index (χ4v) is 3.81. The van der Waals surface area contributed by atoms with Crippen molar-refractivity contribution >= 4 is 39.5 Å². The molecule has 2 aromatic rings. The van der Waals surface area contributed by atoms with Gasteiger partial charge in [0.05, 0.1) is 5.75 Å². The van der Waals surface area contributed by atoms with Crippen LogP contribution in [0.2, 0.25) is 0 Å². The van der Waals surface area contributed by atoms with Crippen molar-refractivity contribution in [2.45, 2.75) is 38.6 Å². The fraction of sp³-hybridized carbons (Fsp3) is 0.364. The van der Waals surface area contributed by atoms with E-state index in [9.17, 15) is 9.59 Å². The van der Waals surface area contributed by atoms with Gasteiger partial charge in [0.15, 0.2) is 0 Å². The maximum absolute atomic E-state index is 12.9. The molecule has 0 saturated heterocycles. The highest BCUT2D eigenvalue weighted by Crippen LogP contribution is 2.17. The lowest BCUT2D eigenvalue weighted by Gasteiger charge is -2.28. The highest BCUT2D eigenvalue weighted by Gasteiger charge is 2.25. The summed E-state index contributed by atoms with van der Waals surface area (Å²) in [5, 5.41) is 2.90. The summed E-state index contributed by atoms with van der Waals surface area (Å²) in [5.41, 5.74) is 2.19. The summed E-state index contributed by atoms with van der Waals surface area (Å²) in [6.45, 7) is 4.84. The Bertz CT molecular complexity index is 753. The number of rotatable bonds is 10. The Labute approximate surface area is 180 Å². The molecule has 1 atom stereocenters. The Kier molecular flexibility index (Phi) is 9.58. The number of hydrogen-bond acceptors (Lipinski definition) is 3. The number of hydrogen-bond donors (Lipinski definition) is 1. The predicted molar refractivity (Wildman–Crippen MR) is 120 cm³/mol. The summed E-state index contributed by atoms with van der Waals surface area (Å²) in [5.74, 6) is 0.981. The van der Waals surface area contributed by atoms with E-state index in [1.54, 1.807) is 23.6 Å². The first-order chi connectivity index (χ1) is 13.5. The van der Waals surface area contributed by atoms with Gasteiger partial charge in [-0.05, 0) is 36.6 Å². The van der Waals surface area contributed by atoms with Crippen LogP contribution in [0, 0.1) is 0 Å². The van der Waals surface area contributed by atoms with Gasteiger partial charge in [-0.15, -0.1) is 11.8 Å². The van der Waals surface area contributed by atoms with Crippen LogP contribution >= 0.6 is 27.7 Å². The first kappa shape index (κ1) is 22.5. The third-order valence-corrected chi connectivity index (χ3v) is 5.84. The standard InChI is InChI=1S/C22H27BrN2O2S/c1-3-13-24-22(27)17(2)25(14-18-9-11-20(23)12-10-18)21(26)16-28-15-19-7-5-4-6-8-19/h4-12,17H,3,13-16H2,1-2H3,(H,24,27). The molecule has 28 heavy (non-hydrogen) atoms. The van der Waals surface area contributed by atoms with Crippen molar-refractivity contribution in [3.63, 3.8) is 0 Å². The van der Waals surface area contributed by atoms with E-state index in [4.69, 9.17) is 0 Å². The third-order valence-electron chi connectivity index (χ3n) is 4.32. The second-order valence-corrected chi connectivity index (χ2v) is 8.49. The number of carbonyl (C=O) groups is 2. The van der Waals surface area contributed by atoms with Crippen molar-refractivity contribution in [1.82, 2.24) is 10.2 Å². The lowest BCUT2D eigenvalue weighted by atomic mass is 10.1. The molecule has 0 saturated carbocycles. The molecule has 4 nitrogen and oxygen atoms in total. The molecule has 6 heteroatoms. The van der Waals surface area contributed by atoms with Crippen molar-refractivity contribution in [2.75, 3.05) is 12.3 Å². The highest BCUT2D eigenvalue weighted by molar-refractivity contribution is 9.10. The molecule has 0 bridgehead atoms. The van der Waals surface area contributed by atoms with Gasteiger partial charge in [0.2, 0.25) is 11.8 Å². The Morgan fingerprint density at radius 1 is 1.07 bits per heavy atom. The highest BCUT2D eigenvalue weighted by atomic mass is 79.9. The van der Waals surface area contributed by atoms with Crippen LogP contribution < -0.4 is 5.32 Å². The normalized spacial score (nSPS) is 11.7. The summed E-state index contributed by atoms with van der Waals surface area (Å²) >= 11 is 5.00. The van der Waals surface area contributed by atoms with Gasteiger partial charge in [0, 0.05) is 23.3 Å². The fourth-order valence-electron chi connectivity index (χ4n) is 2.68. The number of halogens is 1. The molecule has 0 aliphatic rings. The molecule has 1 unspecified atom stereocenters. The lowest BCUT2D eigenvalue weighted by molar-refractivity contribution is -0.138. The minimum Gasteiger partial charge on any atom is -0.354 e. The Hall–Kier alpha value is -1.79. The van der Waals surface area contributed by atoms with Crippen LogP contribution in [-0.2, 0) is 21.9 Å². The van der Waals surface area contributed by atoms with Crippen molar-refractivity contribution in [1.29, 1.82) is 0 Å². The maximum atomic E-state index is 12.9. The molecular formula is C22H27BrN2O2S. The van der Waals surface area contributed by atoms with E-state index >= 15 is 0 Å². The molecule has 0 radical (unpaired) electrons. The molecule has 0 spiro atoms. The quantitative estimate of drug-likeness (QED) is 0.559. The minimum atomic E-state index is -0.514. The third kappa shape index (κ3) is 7.32. The number of carbonyl (C=O) groups excluding carboxylic acids is 2. The Morgan fingerprint density at radius 3 is 2.39 bits per heavy atom. The van der Waals surface area contributed by atoms with Crippen LogP contribution in [0.1, 0.15) is 31.4 Å². The SMILES string of the molecule is CCCNC(=O)C(C)N(Cc1ccc(Br)cc1)C(=O)CSCc1ccccc1. The number of thioether (sulfide) groups is 1. The van der Waals surface area contributed by atoms with Gasteiger partial charge in [-0.1, -0.05) is 65.3 Å². The summed E-state index contributed by atoms with van der Waals surface area (Å²) in [6, 6.07) is 17.4. The van der Waals surface area contributed by atoms with Crippen LogP contribution in [0.4, 0.5) is 0 Å². The Balaban J connectivity index is 2.03. The smallest absolute Gasteiger partial charge is 0.242 e. The van der Waals surface area contributed by atoms with Gasteiger partial charge >= 0.3 is 0 Å². The van der Waals surface area contributed by atoms with Gasteiger partial charge in [-0.3, -0.25) is 9.59 Å². The van der Waals surface area contributed by atoms with E-state index in [1.165, 1.54) is 5.56 Å². The van der Waals surface area contributed by atoms with E-state index in [-0.39, 0.29) is 11.8 Å². The van der Waals surface area contributed by atoms with Gasteiger partial charge in [0.1, 0.15) is 6.04 Å². The monoisotopic (exact) mass is 462 g/mol. The molecular weight excluding hydrogens is 436 g/mol. The maximum Gasteiger partial charge on any atom is 0.242 e.